The van der Waals surface area contributed by atoms with E-state index in [9.17, 15) is 14.4 Å². The number of rotatable bonds is 5. The number of hydrogen-bond acceptors (Lipinski definition) is 4. The van der Waals surface area contributed by atoms with Crippen molar-refractivity contribution in [2.24, 2.45) is 5.92 Å². The van der Waals surface area contributed by atoms with Gasteiger partial charge in [-0.3, -0.25) is 14.5 Å². The molecule has 0 saturated carbocycles. The summed E-state index contributed by atoms with van der Waals surface area (Å²) >= 11 is 3.47. The molecule has 0 N–H and O–H groups in total. The number of carbonyl (C=O) groups is 3. The summed E-state index contributed by atoms with van der Waals surface area (Å²) in [6.45, 7) is 7.05. The lowest BCUT2D eigenvalue weighted by atomic mass is 9.91. The molecule has 0 saturated heterocycles. The third-order valence-electron chi connectivity index (χ3n) is 4.55. The van der Waals surface area contributed by atoms with Crippen LogP contribution < -0.4 is 0 Å². The van der Waals surface area contributed by atoms with Crippen molar-refractivity contribution in [1.82, 2.24) is 4.90 Å². The molecule has 5 nitrogen and oxygen atoms in total. The van der Waals surface area contributed by atoms with Gasteiger partial charge in [-0.1, -0.05) is 48.5 Å². The Hall–Kier alpha value is -2.47. The molecule has 6 heteroatoms. The Labute approximate surface area is 159 Å². The van der Waals surface area contributed by atoms with E-state index in [0.29, 0.717) is 16.5 Å². The molecule has 134 valence electrons. The molecular formula is C20H18BrNO4. The molecule has 0 radical (unpaired) electrons. The predicted molar refractivity (Wildman–Crippen MR) is 102 cm³/mol. The van der Waals surface area contributed by atoms with Gasteiger partial charge in [0.1, 0.15) is 6.61 Å². The minimum atomic E-state index is -0.584. The maximum absolute atomic E-state index is 13.1. The Morgan fingerprint density at radius 1 is 1.19 bits per heavy atom. The number of nitrogens with zero attached hydrogens (tertiary/aromatic N) is 1. The van der Waals surface area contributed by atoms with E-state index in [4.69, 9.17) is 4.74 Å². The molecule has 1 atom stereocenters. The van der Waals surface area contributed by atoms with Crippen molar-refractivity contribution in [1.29, 1.82) is 0 Å². The summed E-state index contributed by atoms with van der Waals surface area (Å²) in [5.41, 5.74) is 0.943. The van der Waals surface area contributed by atoms with E-state index in [1.807, 2.05) is 19.9 Å². The van der Waals surface area contributed by atoms with Gasteiger partial charge >= 0.3 is 5.97 Å². The number of benzene rings is 2. The highest BCUT2D eigenvalue weighted by Gasteiger charge is 2.39. The van der Waals surface area contributed by atoms with Gasteiger partial charge in [0, 0.05) is 27.1 Å². The topological polar surface area (TPSA) is 63.7 Å². The summed E-state index contributed by atoms with van der Waals surface area (Å²) in [4.78, 5) is 38.9. The number of amides is 2. The van der Waals surface area contributed by atoms with Gasteiger partial charge in [-0.25, -0.2) is 4.79 Å². The van der Waals surface area contributed by atoms with Crippen LogP contribution in [-0.4, -0.2) is 35.3 Å². The number of hydrogen-bond donors (Lipinski definition) is 0. The highest BCUT2D eigenvalue weighted by atomic mass is 79.9. The van der Waals surface area contributed by atoms with E-state index in [1.54, 1.807) is 24.3 Å². The quantitative estimate of drug-likeness (QED) is 0.421. The monoisotopic (exact) mass is 415 g/mol. The second-order valence-electron chi connectivity index (χ2n) is 6.45. The molecule has 0 bridgehead atoms. The highest BCUT2D eigenvalue weighted by Crippen LogP contribution is 2.35. The van der Waals surface area contributed by atoms with Crippen molar-refractivity contribution >= 4 is 44.5 Å². The number of esters is 1. The Morgan fingerprint density at radius 3 is 2.46 bits per heavy atom. The van der Waals surface area contributed by atoms with Crippen LogP contribution >= 0.6 is 15.9 Å². The lowest BCUT2D eigenvalue weighted by molar-refractivity contribution is -0.139. The number of imide groups is 1. The van der Waals surface area contributed by atoms with Crippen molar-refractivity contribution in [2.45, 2.75) is 19.9 Å². The summed E-state index contributed by atoms with van der Waals surface area (Å²) in [6, 6.07) is 8.33. The van der Waals surface area contributed by atoms with Crippen molar-refractivity contribution in [3.8, 4) is 0 Å². The van der Waals surface area contributed by atoms with Crippen LogP contribution in [0.3, 0.4) is 0 Å². The van der Waals surface area contributed by atoms with Crippen LogP contribution in [0.5, 0.6) is 0 Å². The SMILES string of the molecule is C=CC(=O)OCC(C(C)C)N1C(=O)c2cccc3c(Br)ccc(c23)C1=O. The van der Waals surface area contributed by atoms with E-state index in [1.165, 1.54) is 4.90 Å². The molecule has 0 spiro atoms. The first-order valence-corrected chi connectivity index (χ1v) is 9.04. The minimum absolute atomic E-state index is 0.0676. The van der Waals surface area contributed by atoms with Crippen LogP contribution in [0.2, 0.25) is 0 Å². The Balaban J connectivity index is 2.09. The van der Waals surface area contributed by atoms with Crippen molar-refractivity contribution in [2.75, 3.05) is 6.61 Å². The Bertz CT molecular complexity index is 913. The van der Waals surface area contributed by atoms with Gasteiger partial charge in [-0.05, 0) is 29.5 Å². The molecule has 2 aromatic carbocycles. The average molecular weight is 416 g/mol. The van der Waals surface area contributed by atoms with Crippen LogP contribution in [0, 0.1) is 5.92 Å². The average Bonchev–Trinajstić information content (AvgIpc) is 2.62. The number of halogens is 1. The second-order valence-corrected chi connectivity index (χ2v) is 7.30. The second kappa shape index (κ2) is 7.03. The van der Waals surface area contributed by atoms with Crippen LogP contribution in [0.1, 0.15) is 34.6 Å². The molecular weight excluding hydrogens is 398 g/mol. The van der Waals surface area contributed by atoms with Crippen LogP contribution in [0.4, 0.5) is 0 Å². The zero-order chi connectivity index (χ0) is 19.0. The van der Waals surface area contributed by atoms with E-state index in [-0.39, 0.29) is 24.3 Å². The number of carbonyl (C=O) groups excluding carboxylic acids is 3. The first-order valence-electron chi connectivity index (χ1n) is 8.25. The smallest absolute Gasteiger partial charge is 0.330 e. The van der Waals surface area contributed by atoms with Crippen molar-refractivity contribution in [3.05, 3.63) is 58.6 Å². The van der Waals surface area contributed by atoms with E-state index < -0.39 is 12.0 Å². The lowest BCUT2D eigenvalue weighted by Gasteiger charge is -2.35. The largest absolute Gasteiger partial charge is 0.460 e. The number of ether oxygens (including phenoxy) is 1. The molecule has 0 aromatic heterocycles. The van der Waals surface area contributed by atoms with Gasteiger partial charge in [0.15, 0.2) is 0 Å². The normalized spacial score (nSPS) is 14.7. The molecule has 3 rings (SSSR count). The molecule has 2 aromatic rings. The van der Waals surface area contributed by atoms with E-state index in [0.717, 1.165) is 15.9 Å². The fraction of sp³-hybridized carbons (Fsp3) is 0.250. The maximum Gasteiger partial charge on any atom is 0.330 e. The summed E-state index contributed by atoms with van der Waals surface area (Å²) in [7, 11) is 0. The Kier molecular flexibility index (Phi) is 4.96. The third kappa shape index (κ3) is 2.94. The fourth-order valence-corrected chi connectivity index (χ4v) is 3.63. The Morgan fingerprint density at radius 2 is 1.85 bits per heavy atom. The van der Waals surface area contributed by atoms with Crippen molar-refractivity contribution < 1.29 is 19.1 Å². The zero-order valence-electron chi connectivity index (χ0n) is 14.5. The van der Waals surface area contributed by atoms with Crippen LogP contribution in [0.25, 0.3) is 10.8 Å². The third-order valence-corrected chi connectivity index (χ3v) is 5.24. The first kappa shape index (κ1) is 18.3. The van der Waals surface area contributed by atoms with Crippen LogP contribution in [0.15, 0.2) is 47.5 Å². The summed E-state index contributed by atoms with van der Waals surface area (Å²) in [5, 5.41) is 1.47. The van der Waals surface area contributed by atoms with Gasteiger partial charge in [0.25, 0.3) is 11.8 Å². The van der Waals surface area contributed by atoms with Gasteiger partial charge < -0.3 is 4.74 Å². The molecule has 1 aliphatic rings. The van der Waals surface area contributed by atoms with Crippen molar-refractivity contribution in [3.63, 3.8) is 0 Å². The molecule has 26 heavy (non-hydrogen) atoms. The standard InChI is InChI=1S/C20H18BrNO4/c1-4-17(23)26-10-16(11(2)3)22-19(24)13-7-5-6-12-15(21)9-8-14(18(12)13)20(22)25/h4-9,11,16H,1,10H2,2-3H3. The van der Waals surface area contributed by atoms with E-state index in [2.05, 4.69) is 22.5 Å². The summed E-state index contributed by atoms with van der Waals surface area (Å²) in [5.74, 6) is -1.42. The van der Waals surface area contributed by atoms with E-state index >= 15 is 0 Å². The van der Waals surface area contributed by atoms with Crippen LogP contribution in [-0.2, 0) is 9.53 Å². The molecule has 0 fully saturated rings. The molecule has 0 aliphatic carbocycles. The molecule has 1 heterocycles. The summed E-state index contributed by atoms with van der Waals surface area (Å²) < 4.78 is 5.96. The maximum atomic E-state index is 13.1. The van der Waals surface area contributed by atoms with Gasteiger partial charge in [-0.15, -0.1) is 0 Å². The first-order chi connectivity index (χ1) is 12.4. The molecule has 2 amide bonds. The molecule has 1 aliphatic heterocycles. The minimum Gasteiger partial charge on any atom is -0.460 e. The highest BCUT2D eigenvalue weighted by molar-refractivity contribution is 9.10. The fourth-order valence-electron chi connectivity index (χ4n) is 3.17. The van der Waals surface area contributed by atoms with Gasteiger partial charge in [-0.2, -0.15) is 0 Å². The molecule has 1 unspecified atom stereocenters. The van der Waals surface area contributed by atoms with Gasteiger partial charge in [0.2, 0.25) is 0 Å². The lowest BCUT2D eigenvalue weighted by Crippen LogP contribution is -2.51. The summed E-state index contributed by atoms with van der Waals surface area (Å²) in [6.07, 6.45) is 1.06. The predicted octanol–water partition coefficient (Wildman–Crippen LogP) is 3.95. The zero-order valence-corrected chi connectivity index (χ0v) is 16.1. The van der Waals surface area contributed by atoms with Gasteiger partial charge in [0.05, 0.1) is 6.04 Å².